The second-order valence-electron chi connectivity index (χ2n) is 5.90. The van der Waals surface area contributed by atoms with Crippen molar-refractivity contribution >= 4 is 33.2 Å². The number of carbonyl (C=O) groups is 1. The molecule has 0 bridgehead atoms. The van der Waals surface area contributed by atoms with E-state index in [1.807, 2.05) is 50.3 Å². The van der Waals surface area contributed by atoms with Crippen LogP contribution in [0.2, 0.25) is 0 Å². The number of terminal acetylenes is 1. The molecule has 0 aromatic heterocycles. The molecule has 0 spiro atoms. The van der Waals surface area contributed by atoms with E-state index in [-0.39, 0.29) is 17.9 Å². The van der Waals surface area contributed by atoms with Crippen molar-refractivity contribution < 1.29 is 18.7 Å². The molecule has 5 heteroatoms. The van der Waals surface area contributed by atoms with E-state index in [2.05, 4.69) is 21.9 Å². The van der Waals surface area contributed by atoms with Crippen LogP contribution < -0.4 is 0 Å². The lowest BCUT2D eigenvalue weighted by Gasteiger charge is -2.18. The van der Waals surface area contributed by atoms with Crippen LogP contribution in [-0.4, -0.2) is 13.1 Å². The molecule has 0 N–H and O–H groups in total. The van der Waals surface area contributed by atoms with E-state index in [0.717, 1.165) is 11.1 Å². The summed E-state index contributed by atoms with van der Waals surface area (Å²) in [7, 11) is 1.23. The maximum absolute atomic E-state index is 14.3. The molecule has 0 saturated carbocycles. The number of rotatable bonds is 6. The van der Waals surface area contributed by atoms with Crippen LogP contribution in [-0.2, 0) is 20.9 Å². The normalized spacial score (nSPS) is 12.1. The summed E-state index contributed by atoms with van der Waals surface area (Å²) in [6.45, 7) is 3.90. The molecule has 0 saturated heterocycles. The number of esters is 1. The minimum Gasteiger partial charge on any atom is -0.487 e. The Hall–Kier alpha value is -2.84. The molecular formula is C23H20BrFO3. The van der Waals surface area contributed by atoms with Gasteiger partial charge in [0.1, 0.15) is 12.4 Å². The quantitative estimate of drug-likeness (QED) is 0.247. The number of halogens is 2. The maximum atomic E-state index is 14.3. The summed E-state index contributed by atoms with van der Waals surface area (Å²) < 4.78 is 25.5. The molecule has 0 amide bonds. The lowest BCUT2D eigenvalue weighted by Crippen LogP contribution is -2.10. The molecule has 0 radical (unpaired) electrons. The monoisotopic (exact) mass is 442 g/mol. The van der Waals surface area contributed by atoms with Crippen molar-refractivity contribution in [1.29, 1.82) is 0 Å². The third kappa shape index (κ3) is 4.90. The molecule has 0 unspecified atom stereocenters. The van der Waals surface area contributed by atoms with Gasteiger partial charge in [0.05, 0.1) is 7.11 Å². The summed E-state index contributed by atoms with van der Waals surface area (Å²) in [5.41, 5.74) is 2.69. The molecule has 3 nitrogen and oxygen atoms in total. The van der Waals surface area contributed by atoms with Gasteiger partial charge in [0.2, 0.25) is 0 Å². The van der Waals surface area contributed by atoms with Gasteiger partial charge in [-0.25, -0.2) is 9.18 Å². The highest BCUT2D eigenvalue weighted by Crippen LogP contribution is 2.35. The summed E-state index contributed by atoms with van der Waals surface area (Å²) in [4.78, 5) is 12.3. The highest BCUT2D eigenvalue weighted by molar-refractivity contribution is 9.10. The molecule has 2 aromatic rings. The number of hydrogen-bond donors (Lipinski definition) is 0. The highest BCUT2D eigenvalue weighted by atomic mass is 79.9. The Morgan fingerprint density at radius 1 is 1.29 bits per heavy atom. The van der Waals surface area contributed by atoms with Crippen molar-refractivity contribution in [2.45, 2.75) is 20.5 Å². The van der Waals surface area contributed by atoms with Crippen LogP contribution in [0.4, 0.5) is 4.39 Å². The predicted octanol–water partition coefficient (Wildman–Crippen LogP) is 5.75. The zero-order chi connectivity index (χ0) is 20.7. The highest BCUT2D eigenvalue weighted by Gasteiger charge is 2.23. The van der Waals surface area contributed by atoms with Gasteiger partial charge in [0.25, 0.3) is 0 Å². The average Bonchev–Trinajstić information content (AvgIpc) is 2.70. The molecule has 0 heterocycles. The van der Waals surface area contributed by atoms with E-state index in [4.69, 9.17) is 15.9 Å². The largest absolute Gasteiger partial charge is 0.487 e. The van der Waals surface area contributed by atoms with E-state index < -0.39 is 11.8 Å². The SMILES string of the molecule is C#C/C(C(=O)OC)=C(/OCc1ccccc1)c1cc(F)cc(Br)c1/C(C)=C\C. The zero-order valence-electron chi connectivity index (χ0n) is 15.9. The third-order valence-electron chi connectivity index (χ3n) is 4.11. The molecule has 28 heavy (non-hydrogen) atoms. The Bertz CT molecular complexity index is 969. The number of benzene rings is 2. The van der Waals surface area contributed by atoms with Gasteiger partial charge in [-0.05, 0) is 37.1 Å². The first kappa shape index (κ1) is 21.5. The standard InChI is InChI=1S/C23H20BrFO3/c1-5-15(3)21-19(12-17(25)13-20(21)24)22(18(6-2)23(26)27-4)28-14-16-10-8-7-9-11-16/h2,5,7-13H,14H2,1,3-4H3/b15-5-,22-18-. The van der Waals surface area contributed by atoms with Crippen molar-refractivity contribution in [3.8, 4) is 12.3 Å². The summed E-state index contributed by atoms with van der Waals surface area (Å²) in [6, 6.07) is 12.0. The summed E-state index contributed by atoms with van der Waals surface area (Å²) in [6.07, 6.45) is 7.46. The van der Waals surface area contributed by atoms with Gasteiger partial charge in [-0.2, -0.15) is 0 Å². The molecule has 0 aliphatic rings. The van der Waals surface area contributed by atoms with Crippen LogP contribution in [0.5, 0.6) is 0 Å². The van der Waals surface area contributed by atoms with Crippen LogP contribution >= 0.6 is 15.9 Å². The molecule has 0 aliphatic heterocycles. The first-order valence-corrected chi connectivity index (χ1v) is 9.30. The minimum atomic E-state index is -0.727. The molecule has 0 fully saturated rings. The third-order valence-corrected chi connectivity index (χ3v) is 4.74. The van der Waals surface area contributed by atoms with Crippen molar-refractivity contribution in [3.63, 3.8) is 0 Å². The van der Waals surface area contributed by atoms with Gasteiger partial charge in [-0.3, -0.25) is 0 Å². The Balaban J connectivity index is 2.71. The fourth-order valence-corrected chi connectivity index (χ4v) is 3.38. The Morgan fingerprint density at radius 2 is 1.96 bits per heavy atom. The van der Waals surface area contributed by atoms with E-state index in [1.54, 1.807) is 0 Å². The fraction of sp³-hybridized carbons (Fsp3) is 0.174. The molecule has 144 valence electrons. The van der Waals surface area contributed by atoms with Crippen LogP contribution in [0.3, 0.4) is 0 Å². The van der Waals surface area contributed by atoms with E-state index in [0.29, 0.717) is 15.6 Å². The predicted molar refractivity (Wildman–Crippen MR) is 112 cm³/mol. The Morgan fingerprint density at radius 3 is 2.54 bits per heavy atom. The van der Waals surface area contributed by atoms with Gasteiger partial charge in [-0.15, -0.1) is 6.42 Å². The van der Waals surface area contributed by atoms with Crippen LogP contribution in [0.15, 0.2) is 58.6 Å². The fourth-order valence-electron chi connectivity index (χ4n) is 2.63. The topological polar surface area (TPSA) is 35.5 Å². The van der Waals surface area contributed by atoms with E-state index >= 15 is 0 Å². The maximum Gasteiger partial charge on any atom is 0.350 e. The van der Waals surface area contributed by atoms with Crippen LogP contribution in [0.25, 0.3) is 11.3 Å². The van der Waals surface area contributed by atoms with Gasteiger partial charge < -0.3 is 9.47 Å². The molecular weight excluding hydrogens is 423 g/mol. The van der Waals surface area contributed by atoms with Crippen molar-refractivity contribution in [2.24, 2.45) is 0 Å². The second-order valence-corrected chi connectivity index (χ2v) is 6.75. The summed E-state index contributed by atoms with van der Waals surface area (Å²) in [5.74, 6) is 1.21. The van der Waals surface area contributed by atoms with Crippen LogP contribution in [0, 0.1) is 18.2 Å². The summed E-state index contributed by atoms with van der Waals surface area (Å²) >= 11 is 3.40. The van der Waals surface area contributed by atoms with Crippen molar-refractivity contribution in [3.05, 3.63) is 81.1 Å². The summed E-state index contributed by atoms with van der Waals surface area (Å²) in [5, 5.41) is 0. The van der Waals surface area contributed by atoms with Crippen LogP contribution in [0.1, 0.15) is 30.5 Å². The molecule has 0 atom stereocenters. The number of ether oxygens (including phenoxy) is 2. The number of methoxy groups -OCH3 is 1. The first-order chi connectivity index (χ1) is 13.4. The number of carbonyl (C=O) groups excluding carboxylic acids is 1. The van der Waals surface area contributed by atoms with E-state index in [9.17, 15) is 9.18 Å². The average molecular weight is 443 g/mol. The minimum absolute atomic E-state index is 0.0922. The zero-order valence-corrected chi connectivity index (χ0v) is 17.5. The van der Waals surface area contributed by atoms with Gasteiger partial charge >= 0.3 is 5.97 Å². The molecule has 2 rings (SSSR count). The molecule has 0 aliphatic carbocycles. The van der Waals surface area contributed by atoms with Gasteiger partial charge in [0, 0.05) is 15.6 Å². The Labute approximate surface area is 173 Å². The molecule has 2 aromatic carbocycles. The van der Waals surface area contributed by atoms with Crippen molar-refractivity contribution in [2.75, 3.05) is 7.11 Å². The van der Waals surface area contributed by atoms with E-state index in [1.165, 1.54) is 19.2 Å². The Kier molecular flexibility index (Phi) is 7.60. The van der Waals surface area contributed by atoms with Gasteiger partial charge in [0.15, 0.2) is 11.3 Å². The van der Waals surface area contributed by atoms with Gasteiger partial charge in [-0.1, -0.05) is 58.3 Å². The smallest absolute Gasteiger partial charge is 0.350 e. The lowest BCUT2D eigenvalue weighted by atomic mass is 9.96. The first-order valence-electron chi connectivity index (χ1n) is 8.51. The number of allylic oxidation sites excluding steroid dienone is 2. The second kappa shape index (κ2) is 9.91. The van der Waals surface area contributed by atoms with Crippen molar-refractivity contribution in [1.82, 2.24) is 0 Å². The lowest BCUT2D eigenvalue weighted by molar-refractivity contribution is -0.135. The number of hydrogen-bond acceptors (Lipinski definition) is 3.